The van der Waals surface area contributed by atoms with Gasteiger partial charge in [0.15, 0.2) is 11.6 Å². The number of ether oxygens (including phenoxy) is 1. The highest BCUT2D eigenvalue weighted by atomic mass is 32.1. The molecule has 0 saturated carbocycles. The summed E-state index contributed by atoms with van der Waals surface area (Å²) in [5.41, 5.74) is -0.939. The number of nitrogens with zero attached hydrogens (tertiary/aromatic N) is 3. The van der Waals surface area contributed by atoms with E-state index in [0.717, 1.165) is 12.1 Å². The van der Waals surface area contributed by atoms with Crippen LogP contribution in [0.1, 0.15) is 22.3 Å². The molecule has 0 aliphatic rings. The Balaban J connectivity index is 2.40. The van der Waals surface area contributed by atoms with Crippen LogP contribution in [0, 0.1) is 18.6 Å². The molecule has 2 aromatic heterocycles. The highest BCUT2D eigenvalue weighted by Gasteiger charge is 2.20. The summed E-state index contributed by atoms with van der Waals surface area (Å²) < 4.78 is 33.4. The number of esters is 1. The van der Waals surface area contributed by atoms with Gasteiger partial charge in [0.05, 0.1) is 17.5 Å². The van der Waals surface area contributed by atoms with Crippen LogP contribution < -0.4 is 5.43 Å². The number of carbonyl (C=O) groups is 1. The number of fused-ring (bicyclic) bond motifs is 1. The van der Waals surface area contributed by atoms with Gasteiger partial charge >= 0.3 is 5.97 Å². The summed E-state index contributed by atoms with van der Waals surface area (Å²) >= 11 is 1.18. The lowest BCUT2D eigenvalue weighted by Crippen LogP contribution is -2.21. The summed E-state index contributed by atoms with van der Waals surface area (Å²) in [5, 5.41) is 8.59. The van der Waals surface area contributed by atoms with E-state index in [4.69, 9.17) is 4.74 Å². The zero-order valence-corrected chi connectivity index (χ0v) is 13.5. The van der Waals surface area contributed by atoms with E-state index in [0.29, 0.717) is 10.1 Å². The molecule has 0 bridgehead atoms. The minimum atomic E-state index is -1.18. The molecule has 0 N–H and O–H groups in total. The van der Waals surface area contributed by atoms with Crippen LogP contribution in [0.4, 0.5) is 8.78 Å². The molecule has 0 radical (unpaired) electrons. The zero-order chi connectivity index (χ0) is 17.4. The van der Waals surface area contributed by atoms with Gasteiger partial charge in [-0.25, -0.2) is 13.6 Å². The van der Waals surface area contributed by atoms with Gasteiger partial charge in [-0.3, -0.25) is 9.36 Å². The van der Waals surface area contributed by atoms with E-state index in [2.05, 4.69) is 10.2 Å². The fourth-order valence-electron chi connectivity index (χ4n) is 2.22. The van der Waals surface area contributed by atoms with Crippen molar-refractivity contribution in [3.63, 3.8) is 0 Å². The van der Waals surface area contributed by atoms with Crippen molar-refractivity contribution in [3.05, 3.63) is 50.8 Å². The average molecular weight is 351 g/mol. The van der Waals surface area contributed by atoms with Crippen LogP contribution in [0.5, 0.6) is 0 Å². The number of pyridine rings is 1. The second kappa shape index (κ2) is 6.08. The SMILES string of the molecule is CCOC(=O)c1cn(-c2nnc(C)s2)c2cc(F)c(F)cc2c1=O. The van der Waals surface area contributed by atoms with Crippen molar-refractivity contribution in [2.45, 2.75) is 13.8 Å². The first-order chi connectivity index (χ1) is 11.4. The maximum Gasteiger partial charge on any atom is 0.343 e. The first-order valence-electron chi connectivity index (χ1n) is 6.94. The number of rotatable bonds is 3. The first-order valence-corrected chi connectivity index (χ1v) is 7.76. The number of halogens is 2. The van der Waals surface area contributed by atoms with Crippen molar-refractivity contribution in [1.29, 1.82) is 0 Å². The van der Waals surface area contributed by atoms with Crippen LogP contribution in [-0.4, -0.2) is 27.3 Å². The van der Waals surface area contributed by atoms with Crippen molar-refractivity contribution in [1.82, 2.24) is 14.8 Å². The molecular weight excluding hydrogens is 340 g/mol. The van der Waals surface area contributed by atoms with Gasteiger partial charge in [-0.2, -0.15) is 0 Å². The van der Waals surface area contributed by atoms with Gasteiger partial charge in [0.1, 0.15) is 10.6 Å². The summed E-state index contributed by atoms with van der Waals surface area (Å²) in [6, 6.07) is 1.65. The average Bonchev–Trinajstić information content (AvgIpc) is 2.96. The number of aryl methyl sites for hydroxylation is 1. The predicted octanol–water partition coefficient (Wildman–Crippen LogP) is 2.61. The zero-order valence-electron chi connectivity index (χ0n) is 12.7. The quantitative estimate of drug-likeness (QED) is 0.678. The Bertz CT molecular complexity index is 1010. The molecule has 0 amide bonds. The molecule has 0 unspecified atom stereocenters. The van der Waals surface area contributed by atoms with Gasteiger partial charge in [0.2, 0.25) is 10.6 Å². The van der Waals surface area contributed by atoms with Gasteiger partial charge in [-0.05, 0) is 19.9 Å². The van der Waals surface area contributed by atoms with E-state index < -0.39 is 23.0 Å². The van der Waals surface area contributed by atoms with E-state index in [1.54, 1.807) is 13.8 Å². The summed E-state index contributed by atoms with van der Waals surface area (Å²) in [7, 11) is 0. The van der Waals surface area contributed by atoms with Crippen LogP contribution in [0.25, 0.3) is 16.0 Å². The Hall–Kier alpha value is -2.68. The predicted molar refractivity (Wildman–Crippen MR) is 83.6 cm³/mol. The molecule has 24 heavy (non-hydrogen) atoms. The van der Waals surface area contributed by atoms with Crippen molar-refractivity contribution in [2.75, 3.05) is 6.61 Å². The molecule has 3 rings (SSSR count). The summed E-state index contributed by atoms with van der Waals surface area (Å²) in [4.78, 5) is 24.5. The van der Waals surface area contributed by atoms with Crippen molar-refractivity contribution in [3.8, 4) is 5.13 Å². The molecule has 1 aromatic carbocycles. The lowest BCUT2D eigenvalue weighted by molar-refractivity contribution is 0.0524. The molecule has 3 aromatic rings. The Morgan fingerprint density at radius 3 is 2.62 bits per heavy atom. The molecule has 6 nitrogen and oxygen atoms in total. The summed E-state index contributed by atoms with van der Waals surface area (Å²) in [6.45, 7) is 3.39. The van der Waals surface area contributed by atoms with Crippen molar-refractivity contribution in [2.24, 2.45) is 0 Å². The molecule has 0 aliphatic carbocycles. The Labute approximate surface area is 138 Å². The van der Waals surface area contributed by atoms with E-state index in [9.17, 15) is 18.4 Å². The van der Waals surface area contributed by atoms with Gasteiger partial charge in [0, 0.05) is 12.3 Å². The molecular formula is C15H11F2N3O3S. The van der Waals surface area contributed by atoms with Gasteiger partial charge in [-0.1, -0.05) is 11.3 Å². The fourth-order valence-corrected chi connectivity index (χ4v) is 2.89. The molecule has 0 fully saturated rings. The smallest absolute Gasteiger partial charge is 0.343 e. The third-order valence-electron chi connectivity index (χ3n) is 3.26. The number of aromatic nitrogens is 3. The van der Waals surface area contributed by atoms with Crippen LogP contribution in [0.2, 0.25) is 0 Å². The van der Waals surface area contributed by atoms with Gasteiger partial charge in [0.25, 0.3) is 0 Å². The molecule has 0 aliphatic heterocycles. The molecule has 124 valence electrons. The second-order valence-corrected chi connectivity index (χ2v) is 6.01. The normalized spacial score (nSPS) is 11.0. The molecule has 2 heterocycles. The minimum Gasteiger partial charge on any atom is -0.462 e. The topological polar surface area (TPSA) is 74.1 Å². The first kappa shape index (κ1) is 16.2. The van der Waals surface area contributed by atoms with E-state index in [-0.39, 0.29) is 23.1 Å². The van der Waals surface area contributed by atoms with E-state index in [1.165, 1.54) is 22.1 Å². The number of carbonyl (C=O) groups excluding carboxylic acids is 1. The monoisotopic (exact) mass is 351 g/mol. The van der Waals surface area contributed by atoms with Crippen LogP contribution >= 0.6 is 11.3 Å². The Kier molecular flexibility index (Phi) is 4.10. The lowest BCUT2D eigenvalue weighted by atomic mass is 10.1. The van der Waals surface area contributed by atoms with E-state index >= 15 is 0 Å². The second-order valence-electron chi connectivity index (χ2n) is 4.85. The molecule has 0 atom stereocenters. The lowest BCUT2D eigenvalue weighted by Gasteiger charge is -2.10. The summed E-state index contributed by atoms with van der Waals surface area (Å²) in [5.74, 6) is -3.13. The number of benzene rings is 1. The molecule has 0 spiro atoms. The molecule has 9 heteroatoms. The Morgan fingerprint density at radius 1 is 1.29 bits per heavy atom. The standard InChI is InChI=1S/C15H11F2N3O3S/c1-3-23-14(22)9-6-20(15-19-18-7(2)24-15)12-5-11(17)10(16)4-8(12)13(9)21/h4-6H,3H2,1-2H3. The van der Waals surface area contributed by atoms with E-state index in [1.807, 2.05) is 0 Å². The maximum atomic E-state index is 13.6. The number of hydrogen-bond donors (Lipinski definition) is 0. The third-order valence-corrected chi connectivity index (χ3v) is 4.10. The highest BCUT2D eigenvalue weighted by molar-refractivity contribution is 7.13. The fraction of sp³-hybridized carbons (Fsp3) is 0.200. The van der Waals surface area contributed by atoms with Crippen LogP contribution in [0.15, 0.2) is 23.1 Å². The van der Waals surface area contributed by atoms with Crippen LogP contribution in [-0.2, 0) is 4.74 Å². The maximum absolute atomic E-state index is 13.6. The minimum absolute atomic E-state index is 0.0754. The van der Waals surface area contributed by atoms with Crippen molar-refractivity contribution >= 4 is 28.2 Å². The van der Waals surface area contributed by atoms with Gasteiger partial charge < -0.3 is 4.74 Å². The van der Waals surface area contributed by atoms with Crippen molar-refractivity contribution < 1.29 is 18.3 Å². The highest BCUT2D eigenvalue weighted by Crippen LogP contribution is 2.23. The third kappa shape index (κ3) is 2.67. The van der Waals surface area contributed by atoms with Crippen LogP contribution in [0.3, 0.4) is 0 Å². The molecule has 0 saturated heterocycles. The summed E-state index contributed by atoms with van der Waals surface area (Å²) in [6.07, 6.45) is 1.21. The van der Waals surface area contributed by atoms with Gasteiger partial charge in [-0.15, -0.1) is 10.2 Å². The number of hydrogen-bond acceptors (Lipinski definition) is 6. The largest absolute Gasteiger partial charge is 0.462 e. The Morgan fingerprint density at radius 2 is 2.00 bits per heavy atom.